The van der Waals surface area contributed by atoms with Crippen molar-refractivity contribution in [3.63, 3.8) is 0 Å². The summed E-state index contributed by atoms with van der Waals surface area (Å²) in [4.78, 5) is 0.737. The van der Waals surface area contributed by atoms with Gasteiger partial charge in [0.15, 0.2) is 11.6 Å². The zero-order valence-electron chi connectivity index (χ0n) is 7.50. The van der Waals surface area contributed by atoms with Gasteiger partial charge in [0.1, 0.15) is 0 Å². The van der Waals surface area contributed by atoms with Crippen molar-refractivity contribution >= 4 is 11.8 Å². The van der Waals surface area contributed by atoms with Crippen LogP contribution in [0.3, 0.4) is 0 Å². The van der Waals surface area contributed by atoms with E-state index < -0.39 is 5.82 Å². The number of methoxy groups -OCH3 is 1. The molecule has 1 rings (SSSR count). The summed E-state index contributed by atoms with van der Waals surface area (Å²) in [5.74, 6) is -0.307. The standard InChI is InChI=1S/C9H11FO2S/c1-12-7-3-4-8(13-2)6(5-11)9(7)10/h3-4,11H,5H2,1-2H3. The quantitative estimate of drug-likeness (QED) is 0.761. The number of rotatable bonds is 3. The van der Waals surface area contributed by atoms with Gasteiger partial charge in [0, 0.05) is 10.5 Å². The molecule has 72 valence electrons. The Balaban J connectivity index is 3.23. The van der Waals surface area contributed by atoms with E-state index in [0.717, 1.165) is 4.90 Å². The summed E-state index contributed by atoms with van der Waals surface area (Å²) in [5, 5.41) is 8.94. The molecule has 1 aromatic carbocycles. The lowest BCUT2D eigenvalue weighted by Crippen LogP contribution is -1.97. The number of hydrogen-bond acceptors (Lipinski definition) is 3. The van der Waals surface area contributed by atoms with Gasteiger partial charge in [0.25, 0.3) is 0 Å². The fraction of sp³-hybridized carbons (Fsp3) is 0.333. The van der Waals surface area contributed by atoms with Crippen LogP contribution < -0.4 is 4.74 Å². The van der Waals surface area contributed by atoms with Gasteiger partial charge in [-0.15, -0.1) is 11.8 Å². The number of thioether (sulfide) groups is 1. The highest BCUT2D eigenvalue weighted by Gasteiger charge is 2.12. The van der Waals surface area contributed by atoms with E-state index in [1.807, 2.05) is 6.26 Å². The summed E-state index contributed by atoms with van der Waals surface area (Å²) >= 11 is 1.40. The molecule has 0 aliphatic carbocycles. The Bertz CT molecular complexity index is 302. The van der Waals surface area contributed by atoms with Crippen LogP contribution in [-0.2, 0) is 6.61 Å². The smallest absolute Gasteiger partial charge is 0.171 e. The maximum atomic E-state index is 13.4. The first kappa shape index (κ1) is 10.3. The predicted octanol–water partition coefficient (Wildman–Crippen LogP) is 2.05. The molecule has 0 unspecified atom stereocenters. The molecule has 2 nitrogen and oxygen atoms in total. The molecule has 0 amide bonds. The predicted molar refractivity (Wildman–Crippen MR) is 50.7 cm³/mol. The molecule has 0 aliphatic rings. The number of aliphatic hydroxyl groups excluding tert-OH is 1. The van der Waals surface area contributed by atoms with Gasteiger partial charge in [-0.2, -0.15) is 0 Å². The molecule has 1 aromatic rings. The topological polar surface area (TPSA) is 29.5 Å². The van der Waals surface area contributed by atoms with Crippen molar-refractivity contribution in [3.05, 3.63) is 23.5 Å². The zero-order chi connectivity index (χ0) is 9.84. The Morgan fingerprint density at radius 2 is 2.23 bits per heavy atom. The van der Waals surface area contributed by atoms with Gasteiger partial charge in [-0.05, 0) is 18.4 Å². The second-order valence-corrected chi connectivity index (χ2v) is 3.27. The van der Waals surface area contributed by atoms with Crippen molar-refractivity contribution in [3.8, 4) is 5.75 Å². The number of aliphatic hydroxyl groups is 1. The Labute approximate surface area is 80.7 Å². The van der Waals surface area contributed by atoms with Crippen LogP contribution in [-0.4, -0.2) is 18.5 Å². The highest BCUT2D eigenvalue weighted by Crippen LogP contribution is 2.28. The van der Waals surface area contributed by atoms with Gasteiger partial charge in [-0.25, -0.2) is 4.39 Å². The average Bonchev–Trinajstić information content (AvgIpc) is 2.17. The first-order valence-electron chi connectivity index (χ1n) is 3.74. The minimum atomic E-state index is -0.475. The fourth-order valence-corrected chi connectivity index (χ4v) is 1.68. The molecule has 0 radical (unpaired) electrons. The third-order valence-corrected chi connectivity index (χ3v) is 2.59. The Kier molecular flexibility index (Phi) is 3.57. The van der Waals surface area contributed by atoms with Gasteiger partial charge in [-0.1, -0.05) is 0 Å². The molecule has 0 heterocycles. The summed E-state index contributed by atoms with van der Waals surface area (Å²) in [7, 11) is 1.40. The number of halogens is 1. The maximum absolute atomic E-state index is 13.4. The van der Waals surface area contributed by atoms with Crippen LogP contribution in [0.4, 0.5) is 4.39 Å². The van der Waals surface area contributed by atoms with E-state index in [9.17, 15) is 4.39 Å². The summed E-state index contributed by atoms with van der Waals surface area (Å²) in [6.07, 6.45) is 1.83. The van der Waals surface area contributed by atoms with Crippen LogP contribution in [0.25, 0.3) is 0 Å². The number of hydrogen-bond donors (Lipinski definition) is 1. The summed E-state index contributed by atoms with van der Waals surface area (Å²) in [6, 6.07) is 3.29. The molecular weight excluding hydrogens is 191 g/mol. The third-order valence-electron chi connectivity index (χ3n) is 1.76. The SMILES string of the molecule is COc1ccc(SC)c(CO)c1F. The van der Waals surface area contributed by atoms with E-state index in [4.69, 9.17) is 9.84 Å². The lowest BCUT2D eigenvalue weighted by Gasteiger charge is -2.09. The van der Waals surface area contributed by atoms with Gasteiger partial charge in [0.2, 0.25) is 0 Å². The summed E-state index contributed by atoms with van der Waals surface area (Å²) in [6.45, 7) is -0.306. The van der Waals surface area contributed by atoms with Crippen LogP contribution in [0, 0.1) is 5.82 Å². The van der Waals surface area contributed by atoms with Gasteiger partial charge < -0.3 is 9.84 Å². The van der Waals surface area contributed by atoms with Crippen molar-refractivity contribution < 1.29 is 14.2 Å². The Morgan fingerprint density at radius 3 is 2.69 bits per heavy atom. The minimum absolute atomic E-state index is 0.168. The fourth-order valence-electron chi connectivity index (χ4n) is 1.08. The summed E-state index contributed by atoms with van der Waals surface area (Å²) < 4.78 is 18.2. The molecule has 0 saturated heterocycles. The van der Waals surface area contributed by atoms with Gasteiger partial charge in [0.05, 0.1) is 13.7 Å². The van der Waals surface area contributed by atoms with Crippen molar-refractivity contribution in [1.29, 1.82) is 0 Å². The molecule has 13 heavy (non-hydrogen) atoms. The molecule has 0 spiro atoms. The van der Waals surface area contributed by atoms with Crippen molar-refractivity contribution in [2.24, 2.45) is 0 Å². The molecular formula is C9H11FO2S. The minimum Gasteiger partial charge on any atom is -0.494 e. The lowest BCUT2D eigenvalue weighted by atomic mass is 10.2. The summed E-state index contributed by atoms with van der Waals surface area (Å²) in [5.41, 5.74) is 0.298. The average molecular weight is 202 g/mol. The molecule has 0 aliphatic heterocycles. The monoisotopic (exact) mass is 202 g/mol. The highest BCUT2D eigenvalue weighted by atomic mass is 32.2. The third kappa shape index (κ3) is 1.95. The van der Waals surface area contributed by atoms with E-state index in [-0.39, 0.29) is 12.4 Å². The van der Waals surface area contributed by atoms with E-state index in [0.29, 0.717) is 5.56 Å². The largest absolute Gasteiger partial charge is 0.494 e. The van der Waals surface area contributed by atoms with Crippen LogP contribution >= 0.6 is 11.8 Å². The highest BCUT2D eigenvalue weighted by molar-refractivity contribution is 7.98. The molecule has 0 bridgehead atoms. The maximum Gasteiger partial charge on any atom is 0.171 e. The van der Waals surface area contributed by atoms with Crippen molar-refractivity contribution in [2.75, 3.05) is 13.4 Å². The van der Waals surface area contributed by atoms with E-state index in [1.54, 1.807) is 12.1 Å². The van der Waals surface area contributed by atoms with Crippen molar-refractivity contribution in [1.82, 2.24) is 0 Å². The number of ether oxygens (including phenoxy) is 1. The second kappa shape index (κ2) is 4.48. The molecule has 0 atom stereocenters. The van der Waals surface area contributed by atoms with Crippen LogP contribution in [0.2, 0.25) is 0 Å². The first-order chi connectivity index (χ1) is 6.24. The Morgan fingerprint density at radius 1 is 1.54 bits per heavy atom. The second-order valence-electron chi connectivity index (χ2n) is 2.42. The molecule has 4 heteroatoms. The zero-order valence-corrected chi connectivity index (χ0v) is 8.32. The lowest BCUT2D eigenvalue weighted by molar-refractivity contribution is 0.269. The van der Waals surface area contributed by atoms with E-state index in [2.05, 4.69) is 0 Å². The van der Waals surface area contributed by atoms with Gasteiger partial charge >= 0.3 is 0 Å². The van der Waals surface area contributed by atoms with Crippen LogP contribution in [0.15, 0.2) is 17.0 Å². The Hall–Kier alpha value is -0.740. The van der Waals surface area contributed by atoms with Gasteiger partial charge in [-0.3, -0.25) is 0 Å². The normalized spacial score (nSPS) is 10.2. The van der Waals surface area contributed by atoms with Crippen LogP contribution in [0.1, 0.15) is 5.56 Å². The molecule has 0 saturated carbocycles. The van der Waals surface area contributed by atoms with Crippen LogP contribution in [0.5, 0.6) is 5.75 Å². The van der Waals surface area contributed by atoms with Crippen molar-refractivity contribution in [2.45, 2.75) is 11.5 Å². The van der Waals surface area contributed by atoms with E-state index >= 15 is 0 Å². The molecule has 0 aromatic heterocycles. The molecule has 0 fully saturated rings. The first-order valence-corrected chi connectivity index (χ1v) is 4.97. The molecule has 1 N–H and O–H groups in total. The number of benzene rings is 1. The van der Waals surface area contributed by atoms with E-state index in [1.165, 1.54) is 18.9 Å².